The number of carbonyl (C=O) groups is 1. The fourth-order valence-electron chi connectivity index (χ4n) is 2.55. The molecule has 0 spiro atoms. The van der Waals surface area contributed by atoms with Crippen LogP contribution in [0.15, 0.2) is 29.2 Å². The maximum Gasteiger partial charge on any atom is 0.339 e. The summed E-state index contributed by atoms with van der Waals surface area (Å²) in [5.74, 6) is 0.179. The van der Waals surface area contributed by atoms with Gasteiger partial charge >= 0.3 is 5.97 Å². The zero-order chi connectivity index (χ0) is 15.6. The second-order valence-corrected chi connectivity index (χ2v) is 7.50. The molecule has 0 saturated carbocycles. The van der Waals surface area contributed by atoms with E-state index in [0.29, 0.717) is 24.9 Å². The van der Waals surface area contributed by atoms with E-state index in [4.69, 9.17) is 0 Å². The fourth-order valence-corrected chi connectivity index (χ4v) is 4.29. The van der Waals surface area contributed by atoms with E-state index in [-0.39, 0.29) is 10.5 Å². The fraction of sp³-hybridized carbons (Fsp3) is 0.533. The molecule has 0 aliphatic carbocycles. The van der Waals surface area contributed by atoms with E-state index in [0.717, 1.165) is 6.42 Å². The Labute approximate surface area is 126 Å². The number of rotatable bonds is 3. The number of sulfonamides is 1. The highest BCUT2D eigenvalue weighted by Gasteiger charge is 2.34. The summed E-state index contributed by atoms with van der Waals surface area (Å²) in [5, 5.41) is 0. The van der Waals surface area contributed by atoms with Crippen LogP contribution in [0, 0.1) is 11.8 Å². The number of methoxy groups -OCH3 is 1. The maximum absolute atomic E-state index is 12.8. The van der Waals surface area contributed by atoms with Crippen molar-refractivity contribution in [2.24, 2.45) is 11.8 Å². The third-order valence-electron chi connectivity index (χ3n) is 4.21. The molecule has 0 aromatic heterocycles. The molecular formula is C15H21NO4S. The molecule has 2 atom stereocenters. The van der Waals surface area contributed by atoms with E-state index in [2.05, 4.69) is 18.6 Å². The Bertz CT molecular complexity index is 626. The second-order valence-electron chi connectivity index (χ2n) is 5.59. The molecule has 0 radical (unpaired) electrons. The van der Waals surface area contributed by atoms with Gasteiger partial charge in [0.15, 0.2) is 0 Å². The molecule has 1 aromatic rings. The molecule has 2 unspecified atom stereocenters. The van der Waals surface area contributed by atoms with E-state index in [1.165, 1.54) is 23.5 Å². The van der Waals surface area contributed by atoms with Crippen LogP contribution in [-0.2, 0) is 14.8 Å². The van der Waals surface area contributed by atoms with Gasteiger partial charge in [0.25, 0.3) is 0 Å². The Kier molecular flexibility index (Phi) is 4.68. The molecule has 1 aliphatic heterocycles. The maximum atomic E-state index is 12.8. The first-order valence-electron chi connectivity index (χ1n) is 7.05. The van der Waals surface area contributed by atoms with Crippen molar-refractivity contribution in [3.63, 3.8) is 0 Å². The van der Waals surface area contributed by atoms with Gasteiger partial charge in [-0.25, -0.2) is 13.2 Å². The second kappa shape index (κ2) is 6.15. The number of esters is 1. The summed E-state index contributed by atoms with van der Waals surface area (Å²) in [6.45, 7) is 5.16. The van der Waals surface area contributed by atoms with E-state index in [1.807, 2.05) is 0 Å². The molecule has 0 bridgehead atoms. The van der Waals surface area contributed by atoms with Gasteiger partial charge < -0.3 is 4.74 Å². The highest BCUT2D eigenvalue weighted by Crippen LogP contribution is 2.28. The molecule has 1 fully saturated rings. The van der Waals surface area contributed by atoms with E-state index >= 15 is 0 Å². The van der Waals surface area contributed by atoms with Crippen molar-refractivity contribution in [2.45, 2.75) is 25.2 Å². The number of piperidine rings is 1. The molecule has 116 valence electrons. The van der Waals surface area contributed by atoms with Crippen molar-refractivity contribution in [1.82, 2.24) is 4.31 Å². The molecular weight excluding hydrogens is 290 g/mol. The molecule has 6 heteroatoms. The van der Waals surface area contributed by atoms with Gasteiger partial charge in [0.05, 0.1) is 17.6 Å². The van der Waals surface area contributed by atoms with Crippen molar-refractivity contribution in [3.05, 3.63) is 29.8 Å². The Morgan fingerprint density at radius 2 is 1.90 bits per heavy atom. The number of benzene rings is 1. The largest absolute Gasteiger partial charge is 0.465 e. The first kappa shape index (κ1) is 16.0. The van der Waals surface area contributed by atoms with Crippen LogP contribution in [0.1, 0.15) is 30.6 Å². The minimum Gasteiger partial charge on any atom is -0.465 e. The zero-order valence-corrected chi connectivity index (χ0v) is 13.4. The normalized spacial score (nSPS) is 23.8. The minimum atomic E-state index is -3.67. The molecule has 5 nitrogen and oxygen atoms in total. The smallest absolute Gasteiger partial charge is 0.339 e. The van der Waals surface area contributed by atoms with Crippen LogP contribution in [0.3, 0.4) is 0 Å². The van der Waals surface area contributed by atoms with Gasteiger partial charge in [-0.05, 0) is 30.4 Å². The van der Waals surface area contributed by atoms with Crippen LogP contribution in [0.2, 0.25) is 0 Å². The lowest BCUT2D eigenvalue weighted by atomic mass is 9.90. The van der Waals surface area contributed by atoms with Crippen LogP contribution in [0.5, 0.6) is 0 Å². The average Bonchev–Trinajstić information content (AvgIpc) is 2.49. The predicted octanol–water partition coefficient (Wildman–Crippen LogP) is 2.14. The summed E-state index contributed by atoms with van der Waals surface area (Å²) in [4.78, 5) is 11.8. The number of hydrogen-bond donors (Lipinski definition) is 0. The van der Waals surface area contributed by atoms with Crippen LogP contribution < -0.4 is 0 Å². The summed E-state index contributed by atoms with van der Waals surface area (Å²) in [7, 11) is -2.43. The summed E-state index contributed by atoms with van der Waals surface area (Å²) in [6, 6.07) is 6.19. The number of ether oxygens (including phenoxy) is 1. The summed E-state index contributed by atoms with van der Waals surface area (Å²) in [6.07, 6.45) is 0.834. The average molecular weight is 311 g/mol. The molecule has 21 heavy (non-hydrogen) atoms. The topological polar surface area (TPSA) is 63.7 Å². The van der Waals surface area contributed by atoms with Crippen LogP contribution in [0.25, 0.3) is 0 Å². The van der Waals surface area contributed by atoms with Gasteiger partial charge in [-0.2, -0.15) is 4.31 Å². The van der Waals surface area contributed by atoms with Gasteiger partial charge in [0, 0.05) is 13.1 Å². The van der Waals surface area contributed by atoms with Crippen molar-refractivity contribution in [1.29, 1.82) is 0 Å². The van der Waals surface area contributed by atoms with E-state index < -0.39 is 16.0 Å². The minimum absolute atomic E-state index is 0.0265. The molecule has 1 aromatic carbocycles. The van der Waals surface area contributed by atoms with Crippen LogP contribution in [0.4, 0.5) is 0 Å². The SMILES string of the molecule is COC(=O)c1ccccc1S(=O)(=O)N1CCC(C)C(C)C1. The first-order chi connectivity index (χ1) is 9.87. The third-order valence-corrected chi connectivity index (χ3v) is 6.13. The standard InChI is InChI=1S/C15H21NO4S/c1-11-8-9-16(10-12(11)2)21(18,19)14-7-5-4-6-13(14)15(17)20-3/h4-7,11-12H,8-10H2,1-3H3. The van der Waals surface area contributed by atoms with Gasteiger partial charge in [0.2, 0.25) is 10.0 Å². The monoisotopic (exact) mass is 311 g/mol. The Morgan fingerprint density at radius 1 is 1.24 bits per heavy atom. The van der Waals surface area contributed by atoms with Crippen LogP contribution >= 0.6 is 0 Å². The summed E-state index contributed by atoms with van der Waals surface area (Å²) < 4.78 is 31.7. The lowest BCUT2D eigenvalue weighted by Gasteiger charge is -2.34. The first-order valence-corrected chi connectivity index (χ1v) is 8.49. The van der Waals surface area contributed by atoms with Crippen molar-refractivity contribution in [2.75, 3.05) is 20.2 Å². The van der Waals surface area contributed by atoms with E-state index in [1.54, 1.807) is 12.1 Å². The van der Waals surface area contributed by atoms with Gasteiger partial charge in [-0.3, -0.25) is 0 Å². The highest BCUT2D eigenvalue weighted by molar-refractivity contribution is 7.89. The summed E-state index contributed by atoms with van der Waals surface area (Å²) >= 11 is 0. The predicted molar refractivity (Wildman–Crippen MR) is 79.5 cm³/mol. The van der Waals surface area contributed by atoms with E-state index in [9.17, 15) is 13.2 Å². The molecule has 0 amide bonds. The van der Waals surface area contributed by atoms with Crippen molar-refractivity contribution < 1.29 is 17.9 Å². The Hall–Kier alpha value is -1.40. The molecule has 1 heterocycles. The highest BCUT2D eigenvalue weighted by atomic mass is 32.2. The lowest BCUT2D eigenvalue weighted by molar-refractivity contribution is 0.0596. The molecule has 0 N–H and O–H groups in total. The molecule has 1 saturated heterocycles. The third kappa shape index (κ3) is 3.11. The van der Waals surface area contributed by atoms with Crippen LogP contribution in [-0.4, -0.2) is 38.9 Å². The summed E-state index contributed by atoms with van der Waals surface area (Å²) in [5.41, 5.74) is 0.0891. The Morgan fingerprint density at radius 3 is 2.52 bits per heavy atom. The van der Waals surface area contributed by atoms with Gasteiger partial charge in [0.1, 0.15) is 0 Å². The van der Waals surface area contributed by atoms with Crippen molar-refractivity contribution in [3.8, 4) is 0 Å². The van der Waals surface area contributed by atoms with Gasteiger partial charge in [-0.15, -0.1) is 0 Å². The Balaban J connectivity index is 2.39. The lowest BCUT2D eigenvalue weighted by Crippen LogP contribution is -2.42. The van der Waals surface area contributed by atoms with Gasteiger partial charge in [-0.1, -0.05) is 26.0 Å². The quantitative estimate of drug-likeness (QED) is 0.802. The molecule has 1 aliphatic rings. The number of hydrogen-bond acceptors (Lipinski definition) is 4. The molecule has 2 rings (SSSR count). The number of nitrogens with zero attached hydrogens (tertiary/aromatic N) is 1. The zero-order valence-electron chi connectivity index (χ0n) is 12.6. The number of carbonyl (C=O) groups excluding carboxylic acids is 1. The van der Waals surface area contributed by atoms with Crippen molar-refractivity contribution >= 4 is 16.0 Å².